The number of carbonyl (C=O) groups is 2. The zero-order chi connectivity index (χ0) is 22.7. The van der Waals surface area contributed by atoms with E-state index in [2.05, 4.69) is 29.6 Å². The van der Waals surface area contributed by atoms with Crippen LogP contribution in [-0.4, -0.2) is 24.2 Å². The lowest BCUT2D eigenvalue weighted by molar-refractivity contribution is -0.115. The Hall–Kier alpha value is -2.57. The molecule has 0 saturated carbocycles. The maximum atomic E-state index is 13.0. The highest BCUT2D eigenvalue weighted by Crippen LogP contribution is 2.43. The van der Waals surface area contributed by atoms with Crippen LogP contribution in [-0.2, 0) is 22.4 Å². The van der Waals surface area contributed by atoms with Crippen molar-refractivity contribution in [2.24, 2.45) is 0 Å². The van der Waals surface area contributed by atoms with Gasteiger partial charge in [0.15, 0.2) is 0 Å². The molecule has 0 fully saturated rings. The SMILES string of the molecule is COC(=O)c1c(NC(=O)C(C)Sc2ccc(C)cc2)sc2c1CCC(c1ccccc1)C2. The van der Waals surface area contributed by atoms with Gasteiger partial charge in [0.25, 0.3) is 0 Å². The third-order valence-electron chi connectivity index (χ3n) is 5.87. The van der Waals surface area contributed by atoms with E-state index in [0.717, 1.165) is 29.7 Å². The number of nitrogens with one attached hydrogen (secondary N) is 1. The van der Waals surface area contributed by atoms with Gasteiger partial charge >= 0.3 is 5.97 Å². The quantitative estimate of drug-likeness (QED) is 0.346. The van der Waals surface area contributed by atoms with Gasteiger partial charge in [-0.15, -0.1) is 23.1 Å². The minimum atomic E-state index is -0.380. The largest absolute Gasteiger partial charge is 0.465 e. The summed E-state index contributed by atoms with van der Waals surface area (Å²) < 4.78 is 5.07. The van der Waals surface area contributed by atoms with Gasteiger partial charge in [0, 0.05) is 9.77 Å². The molecule has 0 bridgehead atoms. The van der Waals surface area contributed by atoms with E-state index in [1.54, 1.807) is 0 Å². The van der Waals surface area contributed by atoms with Gasteiger partial charge in [-0.1, -0.05) is 48.0 Å². The summed E-state index contributed by atoms with van der Waals surface area (Å²) in [5.74, 6) is -0.0684. The molecular formula is C26H27NO3S2. The second-order valence-corrected chi connectivity index (χ2v) is 10.6. The number of fused-ring (bicyclic) bond motifs is 1. The number of carbonyl (C=O) groups excluding carboxylic acids is 2. The summed E-state index contributed by atoms with van der Waals surface area (Å²) in [6.45, 7) is 3.93. The van der Waals surface area contributed by atoms with E-state index in [4.69, 9.17) is 4.74 Å². The molecule has 1 aliphatic carbocycles. The van der Waals surface area contributed by atoms with Gasteiger partial charge < -0.3 is 10.1 Å². The Labute approximate surface area is 197 Å². The Morgan fingerprint density at radius 3 is 2.53 bits per heavy atom. The highest BCUT2D eigenvalue weighted by Gasteiger charge is 2.31. The van der Waals surface area contributed by atoms with Crippen LogP contribution in [0.1, 0.15) is 51.2 Å². The average Bonchev–Trinajstić information content (AvgIpc) is 3.17. The number of anilines is 1. The van der Waals surface area contributed by atoms with E-state index >= 15 is 0 Å². The van der Waals surface area contributed by atoms with Crippen molar-refractivity contribution in [3.05, 3.63) is 81.7 Å². The standard InChI is InChI=1S/C26H27NO3S2/c1-16-9-12-20(13-10-16)31-17(2)24(28)27-25-23(26(29)30-3)21-14-11-19(15-22(21)32-25)18-7-5-4-6-8-18/h4-10,12-13,17,19H,11,14-15H2,1-3H3,(H,27,28). The molecule has 1 N–H and O–H groups in total. The Bertz CT molecular complexity index is 1110. The van der Waals surface area contributed by atoms with Crippen molar-refractivity contribution < 1.29 is 14.3 Å². The molecule has 3 aromatic rings. The smallest absolute Gasteiger partial charge is 0.341 e. The molecule has 1 aromatic heterocycles. The molecule has 0 aliphatic heterocycles. The van der Waals surface area contributed by atoms with Crippen LogP contribution in [0.3, 0.4) is 0 Å². The van der Waals surface area contributed by atoms with Gasteiger partial charge in [-0.05, 0) is 62.3 Å². The normalized spacial score (nSPS) is 16.2. The lowest BCUT2D eigenvalue weighted by atomic mass is 9.83. The second kappa shape index (κ2) is 9.92. The topological polar surface area (TPSA) is 55.4 Å². The van der Waals surface area contributed by atoms with E-state index in [9.17, 15) is 9.59 Å². The zero-order valence-electron chi connectivity index (χ0n) is 18.5. The lowest BCUT2D eigenvalue weighted by Gasteiger charge is -2.22. The summed E-state index contributed by atoms with van der Waals surface area (Å²) in [6, 6.07) is 18.6. The van der Waals surface area contributed by atoms with Crippen LogP contribution in [0.15, 0.2) is 59.5 Å². The first kappa shape index (κ1) is 22.6. The number of aryl methyl sites for hydroxylation is 1. The van der Waals surface area contributed by atoms with Gasteiger partial charge in [-0.25, -0.2) is 4.79 Å². The number of thioether (sulfide) groups is 1. The van der Waals surface area contributed by atoms with Crippen molar-refractivity contribution in [1.82, 2.24) is 0 Å². The third kappa shape index (κ3) is 4.92. The minimum Gasteiger partial charge on any atom is -0.465 e. The van der Waals surface area contributed by atoms with Gasteiger partial charge in [0.1, 0.15) is 5.00 Å². The first-order chi connectivity index (χ1) is 15.5. The molecule has 0 saturated heterocycles. The van der Waals surface area contributed by atoms with Crippen LogP contribution < -0.4 is 5.32 Å². The molecule has 2 atom stereocenters. The number of methoxy groups -OCH3 is 1. The fraction of sp³-hybridized carbons (Fsp3) is 0.308. The number of rotatable bonds is 6. The molecule has 1 heterocycles. The summed E-state index contributed by atoms with van der Waals surface area (Å²) in [4.78, 5) is 27.8. The Balaban J connectivity index is 1.54. The van der Waals surface area contributed by atoms with E-state index in [1.807, 2.05) is 44.2 Å². The van der Waals surface area contributed by atoms with Gasteiger partial charge in [-0.3, -0.25) is 4.79 Å². The number of thiophene rings is 1. The van der Waals surface area contributed by atoms with Crippen LogP contribution in [0.5, 0.6) is 0 Å². The van der Waals surface area contributed by atoms with Crippen molar-refractivity contribution >= 4 is 40.0 Å². The van der Waals surface area contributed by atoms with E-state index in [-0.39, 0.29) is 17.1 Å². The Morgan fingerprint density at radius 2 is 1.84 bits per heavy atom. The number of hydrogen-bond donors (Lipinski definition) is 1. The Morgan fingerprint density at radius 1 is 1.12 bits per heavy atom. The summed E-state index contributed by atoms with van der Waals surface area (Å²) in [7, 11) is 1.39. The number of esters is 1. The van der Waals surface area contributed by atoms with Crippen LogP contribution in [0.25, 0.3) is 0 Å². The molecular weight excluding hydrogens is 438 g/mol. The van der Waals surface area contributed by atoms with E-state index in [1.165, 1.54) is 46.2 Å². The monoisotopic (exact) mass is 465 g/mol. The molecule has 4 rings (SSSR count). The maximum Gasteiger partial charge on any atom is 0.341 e. The number of ether oxygens (including phenoxy) is 1. The molecule has 2 unspecified atom stereocenters. The molecule has 1 aliphatic rings. The molecule has 1 amide bonds. The number of amides is 1. The predicted octanol–water partition coefficient (Wildman–Crippen LogP) is 6.23. The molecule has 166 valence electrons. The first-order valence-electron chi connectivity index (χ1n) is 10.8. The highest BCUT2D eigenvalue weighted by molar-refractivity contribution is 8.00. The lowest BCUT2D eigenvalue weighted by Crippen LogP contribution is -2.23. The summed E-state index contributed by atoms with van der Waals surface area (Å²) in [5, 5.41) is 3.34. The maximum absolute atomic E-state index is 13.0. The van der Waals surface area contributed by atoms with E-state index in [0.29, 0.717) is 16.5 Å². The van der Waals surface area contributed by atoms with Crippen LogP contribution in [0.4, 0.5) is 5.00 Å². The molecule has 0 radical (unpaired) electrons. The van der Waals surface area contributed by atoms with Crippen molar-refractivity contribution in [2.75, 3.05) is 12.4 Å². The summed E-state index contributed by atoms with van der Waals surface area (Å²) in [5.41, 5.74) is 4.06. The fourth-order valence-corrected chi connectivity index (χ4v) is 6.28. The average molecular weight is 466 g/mol. The number of benzene rings is 2. The molecule has 6 heteroatoms. The molecule has 2 aromatic carbocycles. The van der Waals surface area contributed by atoms with Crippen molar-refractivity contribution in [3.8, 4) is 0 Å². The summed E-state index contributed by atoms with van der Waals surface area (Å²) >= 11 is 3.02. The van der Waals surface area contributed by atoms with E-state index < -0.39 is 0 Å². The van der Waals surface area contributed by atoms with Crippen molar-refractivity contribution in [1.29, 1.82) is 0 Å². The first-order valence-corrected chi connectivity index (χ1v) is 12.5. The van der Waals surface area contributed by atoms with Crippen molar-refractivity contribution in [3.63, 3.8) is 0 Å². The fourth-order valence-electron chi connectivity index (χ4n) is 4.09. The predicted molar refractivity (Wildman–Crippen MR) is 132 cm³/mol. The van der Waals surface area contributed by atoms with Gasteiger partial charge in [-0.2, -0.15) is 0 Å². The van der Waals surface area contributed by atoms with Crippen LogP contribution in [0.2, 0.25) is 0 Å². The van der Waals surface area contributed by atoms with Gasteiger partial charge in [0.2, 0.25) is 5.91 Å². The van der Waals surface area contributed by atoms with Gasteiger partial charge in [0.05, 0.1) is 17.9 Å². The minimum absolute atomic E-state index is 0.112. The Kier molecular flexibility index (Phi) is 7.01. The second-order valence-electron chi connectivity index (χ2n) is 8.11. The van der Waals surface area contributed by atoms with Crippen molar-refractivity contribution in [2.45, 2.75) is 49.2 Å². The molecule has 32 heavy (non-hydrogen) atoms. The van der Waals surface area contributed by atoms with Crippen LogP contribution in [0, 0.1) is 6.92 Å². The third-order valence-corrected chi connectivity index (χ3v) is 8.15. The highest BCUT2D eigenvalue weighted by atomic mass is 32.2. The molecule has 4 nitrogen and oxygen atoms in total. The van der Waals surface area contributed by atoms with Crippen LogP contribution >= 0.6 is 23.1 Å². The molecule has 0 spiro atoms. The number of hydrogen-bond acceptors (Lipinski definition) is 5. The zero-order valence-corrected chi connectivity index (χ0v) is 20.1. The summed E-state index contributed by atoms with van der Waals surface area (Å²) in [6.07, 6.45) is 2.65.